The van der Waals surface area contributed by atoms with Crippen molar-refractivity contribution in [3.63, 3.8) is 0 Å². The molecule has 0 saturated carbocycles. The molecule has 0 fully saturated rings. The Morgan fingerprint density at radius 2 is 1.91 bits per heavy atom. The monoisotopic (exact) mass is 454 g/mol. The normalized spacial score (nSPS) is 18.6. The first-order chi connectivity index (χ1) is 15.3. The third-order valence-electron chi connectivity index (χ3n) is 5.51. The lowest BCUT2D eigenvalue weighted by Gasteiger charge is -2.41. The van der Waals surface area contributed by atoms with Gasteiger partial charge in [0.1, 0.15) is 6.34 Å². The summed E-state index contributed by atoms with van der Waals surface area (Å²) in [5.41, 5.74) is 1.35. The van der Waals surface area contributed by atoms with Crippen LogP contribution in [0, 0.1) is 0 Å². The quantitative estimate of drug-likeness (QED) is 0.231. The minimum Gasteiger partial charge on any atom is -0.481 e. The maximum Gasteiger partial charge on any atom is 0.303 e. The van der Waals surface area contributed by atoms with Gasteiger partial charge in [0.15, 0.2) is 0 Å². The number of carboxylic acids is 1. The molecular weight excluding hydrogens is 428 g/mol. The summed E-state index contributed by atoms with van der Waals surface area (Å²) in [5.74, 6) is 4.19. The Morgan fingerprint density at radius 3 is 2.53 bits per heavy atom. The fourth-order valence-corrected chi connectivity index (χ4v) is 5.23. The number of allylic oxidation sites excluding steroid dienone is 2. The molecule has 168 valence electrons. The van der Waals surface area contributed by atoms with Crippen molar-refractivity contribution < 1.29 is 18.3 Å². The molecule has 0 amide bonds. The number of sulfonamides is 1. The van der Waals surface area contributed by atoms with Gasteiger partial charge in [0.05, 0.1) is 10.4 Å². The van der Waals surface area contributed by atoms with E-state index in [0.717, 1.165) is 11.1 Å². The first-order valence-electron chi connectivity index (χ1n) is 10.0. The molecule has 4 N–H and O–H groups in total. The maximum atomic E-state index is 13.6. The molecule has 9 heteroatoms. The van der Waals surface area contributed by atoms with Crippen LogP contribution in [0.3, 0.4) is 0 Å². The zero-order chi connectivity index (χ0) is 23.2. The number of carbonyl (C=O) groups is 1. The van der Waals surface area contributed by atoms with E-state index in [1.807, 2.05) is 42.5 Å². The van der Waals surface area contributed by atoms with Crippen molar-refractivity contribution in [3.05, 3.63) is 84.0 Å². The fourth-order valence-electron chi connectivity index (χ4n) is 3.78. The third-order valence-corrected chi connectivity index (χ3v) is 7.43. The van der Waals surface area contributed by atoms with Crippen molar-refractivity contribution in [1.82, 2.24) is 4.31 Å². The van der Waals surface area contributed by atoms with E-state index in [1.54, 1.807) is 25.3 Å². The van der Waals surface area contributed by atoms with Crippen LogP contribution in [-0.2, 0) is 20.4 Å². The number of carboxylic acid groups (broad SMARTS) is 1. The summed E-state index contributed by atoms with van der Waals surface area (Å²) in [6, 6.07) is 15.7. The molecule has 3 rings (SSSR count). The van der Waals surface area contributed by atoms with Crippen molar-refractivity contribution >= 4 is 28.0 Å². The van der Waals surface area contributed by atoms with Crippen molar-refractivity contribution in [2.45, 2.75) is 29.7 Å². The number of rotatable bonds is 9. The average molecular weight is 455 g/mol. The van der Waals surface area contributed by atoms with E-state index in [4.69, 9.17) is 10.9 Å². The van der Waals surface area contributed by atoms with E-state index in [0.29, 0.717) is 18.5 Å². The average Bonchev–Trinajstić information content (AvgIpc) is 2.81. The van der Waals surface area contributed by atoms with Crippen LogP contribution in [0.4, 0.5) is 5.69 Å². The van der Waals surface area contributed by atoms with Gasteiger partial charge in [-0.3, -0.25) is 4.79 Å². The Hall–Kier alpha value is -3.43. The minimum atomic E-state index is -3.88. The minimum absolute atomic E-state index is 0.0123. The van der Waals surface area contributed by atoms with Gasteiger partial charge in [-0.05, 0) is 42.7 Å². The highest BCUT2D eigenvalue weighted by molar-refractivity contribution is 7.89. The molecule has 0 heterocycles. The number of hydrazone groups is 1. The van der Waals surface area contributed by atoms with Crippen LogP contribution in [0.2, 0.25) is 0 Å². The molecule has 0 spiro atoms. The Bertz CT molecular complexity index is 1140. The molecular formula is C23H26N4O4S. The van der Waals surface area contributed by atoms with Crippen molar-refractivity contribution in [3.8, 4) is 0 Å². The van der Waals surface area contributed by atoms with Crippen LogP contribution < -0.4 is 11.2 Å². The number of likely N-dealkylation sites (N-methyl/N-ethyl adjacent to an activating group) is 1. The van der Waals surface area contributed by atoms with Crippen LogP contribution >= 0.6 is 0 Å². The molecule has 0 bridgehead atoms. The van der Waals surface area contributed by atoms with E-state index >= 15 is 0 Å². The molecule has 1 aliphatic carbocycles. The second kappa shape index (κ2) is 9.80. The second-order valence-corrected chi connectivity index (χ2v) is 9.43. The molecule has 0 radical (unpaired) electrons. The molecule has 8 nitrogen and oxygen atoms in total. The van der Waals surface area contributed by atoms with Gasteiger partial charge in [-0.2, -0.15) is 9.41 Å². The lowest BCUT2D eigenvalue weighted by Crippen LogP contribution is -2.46. The number of nitrogens with zero attached hydrogens (tertiary/aromatic N) is 2. The van der Waals surface area contributed by atoms with Gasteiger partial charge in [-0.25, -0.2) is 8.42 Å². The standard InChI is InChI=1S/C23H26N4O4S/c1-27(32(30,31)21-12-10-20(11-13-21)25-17-26-24)23(19-7-3-2-4-8-19)15-5-6-18(16-23)9-14-22(28)29/h2-8,10-13,15,17H,9,14,16,24H2,1H3,(H,25,26)(H,28,29). The highest BCUT2D eigenvalue weighted by Gasteiger charge is 2.42. The van der Waals surface area contributed by atoms with Gasteiger partial charge >= 0.3 is 5.97 Å². The number of anilines is 1. The van der Waals surface area contributed by atoms with Crippen molar-refractivity contribution in [2.75, 3.05) is 12.4 Å². The number of aliphatic carboxylic acids is 1. The summed E-state index contributed by atoms with van der Waals surface area (Å²) in [5, 5.41) is 15.3. The number of hydrogen-bond acceptors (Lipinski definition) is 5. The Labute approximate surface area is 187 Å². The first-order valence-corrected chi connectivity index (χ1v) is 11.5. The molecule has 32 heavy (non-hydrogen) atoms. The first kappa shape index (κ1) is 23.2. The van der Waals surface area contributed by atoms with E-state index in [1.165, 1.54) is 22.8 Å². The molecule has 0 aromatic heterocycles. The van der Waals surface area contributed by atoms with Gasteiger partial charge in [0, 0.05) is 19.2 Å². The third kappa shape index (κ3) is 4.90. The Kier molecular flexibility index (Phi) is 7.12. The van der Waals surface area contributed by atoms with E-state index in [-0.39, 0.29) is 11.3 Å². The van der Waals surface area contributed by atoms with Gasteiger partial charge in [-0.15, -0.1) is 0 Å². The molecule has 2 aromatic rings. The summed E-state index contributed by atoms with van der Waals surface area (Å²) in [7, 11) is -2.33. The van der Waals surface area contributed by atoms with Gasteiger partial charge in [0.2, 0.25) is 10.0 Å². The molecule has 2 aromatic carbocycles. The maximum absolute atomic E-state index is 13.6. The topological polar surface area (TPSA) is 125 Å². The molecule has 0 saturated heterocycles. The summed E-state index contributed by atoms with van der Waals surface area (Å²) in [6.45, 7) is 0. The fraction of sp³-hybridized carbons (Fsp3) is 0.217. The van der Waals surface area contributed by atoms with Crippen LogP contribution in [-0.4, -0.2) is 37.2 Å². The van der Waals surface area contributed by atoms with Gasteiger partial charge in [-0.1, -0.05) is 54.1 Å². The zero-order valence-corrected chi connectivity index (χ0v) is 18.5. The summed E-state index contributed by atoms with van der Waals surface area (Å²) >= 11 is 0. The second-order valence-electron chi connectivity index (χ2n) is 7.46. The Balaban J connectivity index is 1.99. The zero-order valence-electron chi connectivity index (χ0n) is 17.7. The van der Waals surface area contributed by atoms with Gasteiger partial charge in [0.25, 0.3) is 0 Å². The van der Waals surface area contributed by atoms with E-state index in [9.17, 15) is 13.2 Å². The van der Waals surface area contributed by atoms with Crippen LogP contribution in [0.25, 0.3) is 0 Å². The predicted molar refractivity (Wildman–Crippen MR) is 125 cm³/mol. The number of benzene rings is 2. The van der Waals surface area contributed by atoms with E-state index in [2.05, 4.69) is 10.4 Å². The highest BCUT2D eigenvalue weighted by atomic mass is 32.2. The smallest absolute Gasteiger partial charge is 0.303 e. The largest absolute Gasteiger partial charge is 0.481 e. The Morgan fingerprint density at radius 1 is 1.22 bits per heavy atom. The number of hydrogen-bond donors (Lipinski definition) is 3. The van der Waals surface area contributed by atoms with Crippen LogP contribution in [0.15, 0.2) is 88.4 Å². The number of nitrogens with one attached hydrogen (secondary N) is 1. The lowest BCUT2D eigenvalue weighted by atomic mass is 9.79. The SMILES string of the molecule is CN(C1(c2ccccc2)C=CC=C(CCC(=O)O)C1)S(=O)(=O)c1ccc(NC=NN)cc1. The summed E-state index contributed by atoms with van der Waals surface area (Å²) < 4.78 is 28.6. The van der Waals surface area contributed by atoms with Crippen LogP contribution in [0.5, 0.6) is 0 Å². The molecule has 1 atom stereocenters. The molecule has 0 aliphatic heterocycles. The van der Waals surface area contributed by atoms with Crippen molar-refractivity contribution in [1.29, 1.82) is 0 Å². The van der Waals surface area contributed by atoms with Gasteiger partial charge < -0.3 is 16.3 Å². The van der Waals surface area contributed by atoms with Crippen molar-refractivity contribution in [2.24, 2.45) is 10.9 Å². The van der Waals surface area contributed by atoms with Crippen LogP contribution in [0.1, 0.15) is 24.8 Å². The lowest BCUT2D eigenvalue weighted by molar-refractivity contribution is -0.136. The van der Waals surface area contributed by atoms with E-state index < -0.39 is 21.5 Å². The summed E-state index contributed by atoms with van der Waals surface area (Å²) in [6.07, 6.45) is 7.54. The molecule has 1 unspecified atom stereocenters. The number of nitrogens with two attached hydrogens (primary N) is 1. The molecule has 1 aliphatic rings. The summed E-state index contributed by atoms with van der Waals surface area (Å²) in [4.78, 5) is 11.2. The highest BCUT2D eigenvalue weighted by Crippen LogP contribution is 2.42. The predicted octanol–water partition coefficient (Wildman–Crippen LogP) is 3.27.